The summed E-state index contributed by atoms with van der Waals surface area (Å²) in [6.07, 6.45) is 0. The maximum absolute atomic E-state index is 2.68. The summed E-state index contributed by atoms with van der Waals surface area (Å²) in [5.74, 6) is 0. The number of hydrogen-bond donors (Lipinski definition) is 0. The molecule has 0 N–H and O–H groups in total. The lowest BCUT2D eigenvalue weighted by Gasteiger charge is -2.44. The van der Waals surface area contributed by atoms with Gasteiger partial charge in [0.2, 0.25) is 0 Å². The van der Waals surface area contributed by atoms with Gasteiger partial charge in [0.25, 0.3) is 6.71 Å². The Kier molecular flexibility index (Phi) is 14.1. The average Bonchev–Trinajstić information content (AvgIpc) is 1.68. The van der Waals surface area contributed by atoms with Crippen LogP contribution in [0.25, 0.3) is 54.6 Å². The Morgan fingerprint density at radius 1 is 0.337 bits per heavy atom. The van der Waals surface area contributed by atoms with E-state index in [0.29, 0.717) is 0 Å². The van der Waals surface area contributed by atoms with Crippen molar-refractivity contribution in [3.63, 3.8) is 0 Å². The molecule has 2 aliphatic rings. The van der Waals surface area contributed by atoms with Crippen molar-refractivity contribution in [2.75, 3.05) is 14.7 Å². The number of nitrogens with zero attached hydrogens (tertiary/aromatic N) is 3. The summed E-state index contributed by atoms with van der Waals surface area (Å²) in [6.45, 7) is 27.8. The van der Waals surface area contributed by atoms with Gasteiger partial charge in [0.05, 0.1) is 17.1 Å². The fourth-order valence-electron chi connectivity index (χ4n) is 13.6. The second kappa shape index (κ2) is 21.9. The second-order valence-electron chi connectivity index (χ2n) is 28.6. The molecule has 0 atom stereocenters. The molecule has 12 aromatic rings. The molecule has 14 rings (SSSR count). The van der Waals surface area contributed by atoms with E-state index >= 15 is 0 Å². The van der Waals surface area contributed by atoms with Crippen molar-refractivity contribution in [1.29, 1.82) is 0 Å². The van der Waals surface area contributed by atoms with Crippen LogP contribution in [0.1, 0.15) is 105 Å². The molecule has 0 bridgehead atoms. The lowest BCUT2D eigenvalue weighted by atomic mass is 9.36. The molecule has 0 radical (unpaired) electrons. The Morgan fingerprint density at radius 3 is 1.43 bits per heavy atom. The number of fused-ring (bicyclic) bond motifs is 6. The van der Waals surface area contributed by atoms with Gasteiger partial charge in [0.1, 0.15) is 0 Å². The molecule has 0 fully saturated rings. The van der Waals surface area contributed by atoms with Gasteiger partial charge in [-0.05, 0) is 167 Å². The Morgan fingerprint density at radius 2 is 0.820 bits per heavy atom. The van der Waals surface area contributed by atoms with Crippen LogP contribution in [-0.2, 0) is 21.7 Å². The van der Waals surface area contributed by atoms with Gasteiger partial charge in [-0.3, -0.25) is 0 Å². The minimum absolute atomic E-state index is 0.0137. The van der Waals surface area contributed by atoms with Gasteiger partial charge < -0.3 is 14.7 Å². The summed E-state index contributed by atoms with van der Waals surface area (Å²) in [7, 11) is 0. The van der Waals surface area contributed by atoms with Crippen LogP contribution in [0, 0.1) is 0 Å². The standard InChI is InChI=1S/C84H78BN3S/c1-81(2,3)59-36-42-63(43-37-59)86(72-34-24-22-32-67(72)56-28-18-14-19-29-56)65-46-48-71-74(54-65)87(64-44-38-60(39-45-64)82(4,5)6)75-50-58(69-52-61(83(7,8)9)40-47-66(69)55-26-16-13-17-27-55)51-76-78(75)85(71)80-79(70-53-62(84(10,11)12)41-49-77(70)89-80)88(76)73-35-25-23-33-68(73)57-30-20-15-21-31-57/h13-54H,1-12H3. The number of rotatable bonds is 9. The second-order valence-corrected chi connectivity index (χ2v) is 29.7. The maximum Gasteiger partial charge on any atom is 0.264 e. The van der Waals surface area contributed by atoms with Crippen LogP contribution in [0.15, 0.2) is 255 Å². The van der Waals surface area contributed by atoms with Gasteiger partial charge in [-0.2, -0.15) is 0 Å². The molecular weight excluding hydrogens is 1090 g/mol. The van der Waals surface area contributed by atoms with Gasteiger partial charge in [-0.15, -0.1) is 11.3 Å². The lowest BCUT2D eigenvalue weighted by molar-refractivity contribution is 0.590. The number of hydrogen-bond acceptors (Lipinski definition) is 4. The molecule has 0 spiro atoms. The summed E-state index contributed by atoms with van der Waals surface area (Å²) >= 11 is 1.96. The lowest BCUT2D eigenvalue weighted by Crippen LogP contribution is -2.60. The van der Waals surface area contributed by atoms with Crippen molar-refractivity contribution in [2.24, 2.45) is 0 Å². The van der Waals surface area contributed by atoms with Crippen molar-refractivity contribution in [1.82, 2.24) is 0 Å². The molecule has 0 saturated heterocycles. The molecule has 11 aromatic carbocycles. The molecule has 3 heterocycles. The van der Waals surface area contributed by atoms with Gasteiger partial charge in [-0.1, -0.05) is 259 Å². The van der Waals surface area contributed by atoms with Crippen molar-refractivity contribution in [3.8, 4) is 44.5 Å². The highest BCUT2D eigenvalue weighted by Gasteiger charge is 2.46. The molecule has 0 saturated carbocycles. The first kappa shape index (κ1) is 57.6. The third kappa shape index (κ3) is 10.4. The van der Waals surface area contributed by atoms with Crippen LogP contribution in [0.3, 0.4) is 0 Å². The predicted octanol–water partition coefficient (Wildman–Crippen LogP) is 22.3. The van der Waals surface area contributed by atoms with Crippen LogP contribution in [0.4, 0.5) is 51.2 Å². The number of benzene rings is 11. The summed E-state index contributed by atoms with van der Waals surface area (Å²) in [4.78, 5) is 7.81. The van der Waals surface area contributed by atoms with Gasteiger partial charge in [0, 0.05) is 60.1 Å². The molecule has 3 nitrogen and oxygen atoms in total. The molecule has 0 aliphatic carbocycles. The summed E-state index contributed by atoms with van der Waals surface area (Å²) < 4.78 is 2.63. The Balaban J connectivity index is 1.13. The fourth-order valence-corrected chi connectivity index (χ4v) is 14.9. The minimum Gasteiger partial charge on any atom is -0.311 e. The zero-order valence-corrected chi connectivity index (χ0v) is 54.4. The van der Waals surface area contributed by atoms with Gasteiger partial charge >= 0.3 is 0 Å². The van der Waals surface area contributed by atoms with Crippen LogP contribution in [-0.4, -0.2) is 6.71 Å². The molecule has 1 aromatic heterocycles. The largest absolute Gasteiger partial charge is 0.311 e. The molecule has 89 heavy (non-hydrogen) atoms. The third-order valence-corrected chi connectivity index (χ3v) is 19.7. The van der Waals surface area contributed by atoms with E-state index in [1.165, 1.54) is 104 Å². The molecule has 5 heteroatoms. The van der Waals surface area contributed by atoms with E-state index < -0.39 is 0 Å². The highest BCUT2D eigenvalue weighted by atomic mass is 32.1. The van der Waals surface area contributed by atoms with E-state index in [9.17, 15) is 0 Å². The van der Waals surface area contributed by atoms with E-state index in [1.807, 2.05) is 11.3 Å². The SMILES string of the molecule is CC(C)(C)c1ccc(N(c2ccc3c(c2)N(c2ccc(C(C)(C)C)cc2)c2cc(-c4cc(C(C)(C)C)ccc4-c4ccccc4)cc4c2B3c2sc3ccc(C(C)(C)C)cc3c2N4c2ccccc2-c2ccccc2)c2ccccc2-c2ccccc2)cc1. The van der Waals surface area contributed by atoms with Crippen molar-refractivity contribution in [3.05, 3.63) is 277 Å². The quantitative estimate of drug-likeness (QED) is 0.133. The molecular formula is C84H78BN3S. The maximum atomic E-state index is 2.68. The summed E-state index contributed by atoms with van der Waals surface area (Å²) in [5.41, 5.74) is 27.3. The van der Waals surface area contributed by atoms with Gasteiger partial charge in [-0.25, -0.2) is 0 Å². The highest BCUT2D eigenvalue weighted by molar-refractivity contribution is 7.33. The van der Waals surface area contributed by atoms with Crippen molar-refractivity contribution >= 4 is 95.0 Å². The molecule has 0 unspecified atom stereocenters. The zero-order chi connectivity index (χ0) is 61.7. The zero-order valence-electron chi connectivity index (χ0n) is 53.6. The number of thiophene rings is 1. The molecule has 0 amide bonds. The van der Waals surface area contributed by atoms with Gasteiger partial charge in [0.15, 0.2) is 0 Å². The van der Waals surface area contributed by atoms with E-state index in [1.54, 1.807) is 0 Å². The predicted molar refractivity (Wildman–Crippen MR) is 387 cm³/mol. The summed E-state index contributed by atoms with van der Waals surface area (Å²) in [5, 5.41) is 1.28. The van der Waals surface area contributed by atoms with Crippen LogP contribution in [0.5, 0.6) is 0 Å². The average molecular weight is 1170 g/mol. The first-order chi connectivity index (χ1) is 42.7. The highest BCUT2D eigenvalue weighted by Crippen LogP contribution is 2.53. The first-order valence-corrected chi connectivity index (χ1v) is 32.5. The van der Waals surface area contributed by atoms with E-state index in [4.69, 9.17) is 0 Å². The molecule has 438 valence electrons. The smallest absolute Gasteiger partial charge is 0.264 e. The fraction of sp³-hybridized carbons (Fsp3) is 0.190. The van der Waals surface area contributed by atoms with E-state index in [-0.39, 0.29) is 28.4 Å². The van der Waals surface area contributed by atoms with Crippen LogP contribution >= 0.6 is 11.3 Å². The monoisotopic (exact) mass is 1170 g/mol. The number of anilines is 9. The minimum atomic E-state index is -0.126. The van der Waals surface area contributed by atoms with Crippen LogP contribution < -0.4 is 30.4 Å². The first-order valence-electron chi connectivity index (χ1n) is 31.7. The Bertz CT molecular complexity index is 4630. The molecule has 2 aliphatic heterocycles. The van der Waals surface area contributed by atoms with Crippen molar-refractivity contribution in [2.45, 2.75) is 105 Å². The Labute approximate surface area is 532 Å². The normalized spacial score (nSPS) is 13.1. The third-order valence-electron chi connectivity index (χ3n) is 18.5. The van der Waals surface area contributed by atoms with Crippen molar-refractivity contribution < 1.29 is 0 Å². The van der Waals surface area contributed by atoms with E-state index in [0.717, 1.165) is 39.7 Å². The van der Waals surface area contributed by atoms with E-state index in [2.05, 4.69) is 353 Å². The summed E-state index contributed by atoms with van der Waals surface area (Å²) in [6, 6.07) is 96.8. The topological polar surface area (TPSA) is 9.72 Å². The number of para-hydroxylation sites is 2. The Hall–Kier alpha value is -9.16. The van der Waals surface area contributed by atoms with Crippen LogP contribution in [0.2, 0.25) is 0 Å².